The summed E-state index contributed by atoms with van der Waals surface area (Å²) in [5, 5.41) is 7.19. The predicted molar refractivity (Wildman–Crippen MR) is 99.7 cm³/mol. The van der Waals surface area contributed by atoms with Crippen molar-refractivity contribution in [2.24, 2.45) is 4.99 Å². The molecular formula is C20H33N3. The molecule has 2 N–H and O–H groups in total. The number of nitrogens with zero attached hydrogens (tertiary/aromatic N) is 1. The maximum absolute atomic E-state index is 4.80. The molecule has 0 bridgehead atoms. The molecular weight excluding hydrogens is 282 g/mol. The van der Waals surface area contributed by atoms with Crippen LogP contribution in [0.15, 0.2) is 35.3 Å². The van der Waals surface area contributed by atoms with Gasteiger partial charge in [0.15, 0.2) is 5.96 Å². The number of guanidine groups is 1. The van der Waals surface area contributed by atoms with Gasteiger partial charge in [-0.1, -0.05) is 75.8 Å². The van der Waals surface area contributed by atoms with E-state index < -0.39 is 0 Å². The van der Waals surface area contributed by atoms with Crippen LogP contribution in [0.25, 0.3) is 0 Å². The lowest BCUT2D eigenvalue weighted by Crippen LogP contribution is -2.44. The van der Waals surface area contributed by atoms with Gasteiger partial charge in [0.2, 0.25) is 0 Å². The molecule has 23 heavy (non-hydrogen) atoms. The van der Waals surface area contributed by atoms with Gasteiger partial charge >= 0.3 is 0 Å². The summed E-state index contributed by atoms with van der Waals surface area (Å²) in [6, 6.07) is 11.1. The molecule has 3 nitrogen and oxygen atoms in total. The second kappa shape index (κ2) is 11.1. The van der Waals surface area contributed by atoms with Crippen molar-refractivity contribution in [3.05, 3.63) is 35.9 Å². The van der Waals surface area contributed by atoms with Gasteiger partial charge in [0.05, 0.1) is 6.54 Å². The van der Waals surface area contributed by atoms with Crippen LogP contribution in [-0.4, -0.2) is 18.5 Å². The molecule has 0 radical (unpaired) electrons. The Balaban J connectivity index is 1.84. The average molecular weight is 316 g/mol. The van der Waals surface area contributed by atoms with Gasteiger partial charge in [0.1, 0.15) is 0 Å². The fourth-order valence-corrected chi connectivity index (χ4v) is 3.11. The summed E-state index contributed by atoms with van der Waals surface area (Å²) in [5.41, 5.74) is 1.27. The Morgan fingerprint density at radius 1 is 1.04 bits per heavy atom. The van der Waals surface area contributed by atoms with Crippen LogP contribution in [0.5, 0.6) is 0 Å². The topological polar surface area (TPSA) is 36.4 Å². The van der Waals surface area contributed by atoms with Crippen LogP contribution >= 0.6 is 0 Å². The fraction of sp³-hybridized carbons (Fsp3) is 0.650. The Kier molecular flexibility index (Phi) is 8.60. The summed E-state index contributed by atoms with van der Waals surface area (Å²) in [5.74, 6) is 0.997. The van der Waals surface area contributed by atoms with Gasteiger partial charge in [-0.2, -0.15) is 0 Å². The lowest BCUT2D eigenvalue weighted by atomic mass is 9.96. The summed E-state index contributed by atoms with van der Waals surface area (Å²) in [6.07, 6.45) is 11.8. The number of benzene rings is 1. The molecule has 0 atom stereocenters. The van der Waals surface area contributed by atoms with Crippen LogP contribution in [0.3, 0.4) is 0 Å². The summed E-state index contributed by atoms with van der Waals surface area (Å²) in [4.78, 5) is 4.80. The molecule has 128 valence electrons. The van der Waals surface area contributed by atoms with Gasteiger partial charge in [0.25, 0.3) is 0 Å². The summed E-state index contributed by atoms with van der Waals surface area (Å²) in [7, 11) is 0. The van der Waals surface area contributed by atoms with E-state index in [0.717, 1.165) is 19.0 Å². The van der Waals surface area contributed by atoms with Crippen LogP contribution in [-0.2, 0) is 6.54 Å². The zero-order chi connectivity index (χ0) is 16.2. The van der Waals surface area contributed by atoms with Crippen LogP contribution < -0.4 is 10.6 Å². The first-order valence-corrected chi connectivity index (χ1v) is 9.47. The van der Waals surface area contributed by atoms with Crippen LogP contribution in [0.1, 0.15) is 70.3 Å². The first kappa shape index (κ1) is 17.8. The first-order valence-electron chi connectivity index (χ1n) is 9.47. The highest BCUT2D eigenvalue weighted by atomic mass is 15.2. The van der Waals surface area contributed by atoms with Crippen molar-refractivity contribution >= 4 is 5.96 Å². The van der Waals surface area contributed by atoms with Gasteiger partial charge in [0, 0.05) is 12.6 Å². The quantitative estimate of drug-likeness (QED) is 0.417. The highest BCUT2D eigenvalue weighted by Gasteiger charge is 2.14. The Labute approximate surface area is 142 Å². The van der Waals surface area contributed by atoms with Crippen LogP contribution in [0.2, 0.25) is 0 Å². The largest absolute Gasteiger partial charge is 0.356 e. The van der Waals surface area contributed by atoms with Gasteiger partial charge < -0.3 is 10.6 Å². The highest BCUT2D eigenvalue weighted by Crippen LogP contribution is 2.17. The number of hydrogen-bond donors (Lipinski definition) is 2. The molecule has 1 aromatic rings. The van der Waals surface area contributed by atoms with Gasteiger partial charge in [-0.25, -0.2) is 4.99 Å². The minimum absolute atomic E-state index is 0.599. The van der Waals surface area contributed by atoms with E-state index in [1.54, 1.807) is 0 Å². The summed E-state index contributed by atoms with van der Waals surface area (Å²) >= 11 is 0. The average Bonchev–Trinajstić information content (AvgIpc) is 2.61. The van der Waals surface area contributed by atoms with E-state index in [-0.39, 0.29) is 0 Å². The third kappa shape index (κ3) is 7.54. The molecule has 1 aliphatic carbocycles. The van der Waals surface area contributed by atoms with Crippen molar-refractivity contribution in [1.29, 1.82) is 0 Å². The van der Waals surface area contributed by atoms with E-state index in [2.05, 4.69) is 47.9 Å². The molecule has 3 heteroatoms. The zero-order valence-electron chi connectivity index (χ0n) is 14.7. The van der Waals surface area contributed by atoms with Crippen molar-refractivity contribution in [3.8, 4) is 0 Å². The molecule has 1 aliphatic rings. The van der Waals surface area contributed by atoms with Gasteiger partial charge in [-0.05, 0) is 24.8 Å². The normalized spacial score (nSPS) is 16.3. The molecule has 0 saturated heterocycles. The SMILES string of the molecule is CCCCCCNC(=NCc1ccccc1)NC1CCCCC1. The smallest absolute Gasteiger partial charge is 0.191 e. The molecule has 0 aromatic heterocycles. The number of rotatable bonds is 8. The first-order chi connectivity index (χ1) is 11.4. The van der Waals surface area contributed by atoms with Crippen molar-refractivity contribution in [2.45, 2.75) is 77.3 Å². The van der Waals surface area contributed by atoms with Crippen molar-refractivity contribution in [1.82, 2.24) is 10.6 Å². The molecule has 0 spiro atoms. The minimum Gasteiger partial charge on any atom is -0.356 e. The number of aliphatic imine (C=N–C) groups is 1. The van der Waals surface area contributed by atoms with Crippen molar-refractivity contribution < 1.29 is 0 Å². The maximum Gasteiger partial charge on any atom is 0.191 e. The minimum atomic E-state index is 0.599. The predicted octanol–water partition coefficient (Wildman–Crippen LogP) is 4.63. The molecule has 0 unspecified atom stereocenters. The molecule has 0 aliphatic heterocycles. The summed E-state index contributed by atoms with van der Waals surface area (Å²) in [6.45, 7) is 4.02. The molecule has 2 rings (SSSR count). The molecule has 0 amide bonds. The summed E-state index contributed by atoms with van der Waals surface area (Å²) < 4.78 is 0. The van der Waals surface area contributed by atoms with Crippen LogP contribution in [0, 0.1) is 0 Å². The third-order valence-electron chi connectivity index (χ3n) is 4.53. The lowest BCUT2D eigenvalue weighted by molar-refractivity contribution is 0.409. The van der Waals surface area contributed by atoms with E-state index in [0.29, 0.717) is 6.04 Å². The standard InChI is InChI=1S/C20H33N3/c1-2-3-4-11-16-21-20(23-19-14-9-6-10-15-19)22-17-18-12-7-5-8-13-18/h5,7-8,12-13,19H,2-4,6,9-11,14-17H2,1H3,(H2,21,22,23). The number of unbranched alkanes of at least 4 members (excludes halogenated alkanes) is 3. The second-order valence-electron chi connectivity index (χ2n) is 6.62. The van der Waals surface area contributed by atoms with E-state index in [9.17, 15) is 0 Å². The Morgan fingerprint density at radius 2 is 1.83 bits per heavy atom. The number of hydrogen-bond acceptors (Lipinski definition) is 1. The lowest BCUT2D eigenvalue weighted by Gasteiger charge is -2.25. The van der Waals surface area contributed by atoms with E-state index >= 15 is 0 Å². The second-order valence-corrected chi connectivity index (χ2v) is 6.62. The van der Waals surface area contributed by atoms with Crippen LogP contribution in [0.4, 0.5) is 0 Å². The Hall–Kier alpha value is -1.51. The fourth-order valence-electron chi connectivity index (χ4n) is 3.11. The monoisotopic (exact) mass is 315 g/mol. The molecule has 1 saturated carbocycles. The van der Waals surface area contributed by atoms with E-state index in [1.807, 2.05) is 0 Å². The zero-order valence-corrected chi connectivity index (χ0v) is 14.7. The van der Waals surface area contributed by atoms with Crippen molar-refractivity contribution in [3.63, 3.8) is 0 Å². The number of nitrogens with one attached hydrogen (secondary N) is 2. The molecule has 1 fully saturated rings. The molecule has 1 aromatic carbocycles. The Morgan fingerprint density at radius 3 is 2.57 bits per heavy atom. The highest BCUT2D eigenvalue weighted by molar-refractivity contribution is 5.80. The van der Waals surface area contributed by atoms with Gasteiger partial charge in [-0.15, -0.1) is 0 Å². The van der Waals surface area contributed by atoms with Crippen molar-refractivity contribution in [2.75, 3.05) is 6.54 Å². The van der Waals surface area contributed by atoms with E-state index in [4.69, 9.17) is 4.99 Å². The molecule has 0 heterocycles. The Bertz CT molecular complexity index is 435. The maximum atomic E-state index is 4.80. The van der Waals surface area contributed by atoms with Gasteiger partial charge in [-0.3, -0.25) is 0 Å². The third-order valence-corrected chi connectivity index (χ3v) is 4.53. The van der Waals surface area contributed by atoms with E-state index in [1.165, 1.54) is 63.4 Å².